The third-order valence-corrected chi connectivity index (χ3v) is 4.24. The van der Waals surface area contributed by atoms with E-state index in [0.717, 1.165) is 42.9 Å². The van der Waals surface area contributed by atoms with E-state index in [4.69, 9.17) is 4.74 Å². The van der Waals surface area contributed by atoms with Gasteiger partial charge in [-0.2, -0.15) is 5.26 Å². The van der Waals surface area contributed by atoms with E-state index in [9.17, 15) is 5.26 Å². The van der Waals surface area contributed by atoms with E-state index >= 15 is 0 Å². The first-order chi connectivity index (χ1) is 13.3. The second kappa shape index (κ2) is 9.51. The number of benzene rings is 1. The second-order valence-electron chi connectivity index (χ2n) is 6.28. The number of H-pyrrole nitrogens is 1. The molecule has 0 radical (unpaired) electrons. The minimum absolute atomic E-state index is 0.175. The smallest absolute Gasteiger partial charge is 0.232 e. The van der Waals surface area contributed by atoms with Crippen LogP contribution in [0.3, 0.4) is 0 Å². The van der Waals surface area contributed by atoms with Crippen LogP contribution in [-0.4, -0.2) is 28.0 Å². The molecule has 3 aromatic rings. The molecule has 0 bridgehead atoms. The fraction of sp³-hybridized carbons (Fsp3) is 0.286. The lowest BCUT2D eigenvalue weighted by Crippen LogP contribution is -2.22. The largest absolute Gasteiger partial charge is 0.468 e. The van der Waals surface area contributed by atoms with E-state index in [1.807, 2.05) is 49.5 Å². The molecule has 2 heterocycles. The molecule has 3 rings (SSSR count). The Hall–Kier alpha value is -3.17. The van der Waals surface area contributed by atoms with E-state index < -0.39 is 0 Å². The summed E-state index contributed by atoms with van der Waals surface area (Å²) in [6, 6.07) is 15.8. The Kier molecular flexibility index (Phi) is 6.55. The number of hydrogen-bond acceptors (Lipinski definition) is 5. The molecule has 0 saturated heterocycles. The van der Waals surface area contributed by atoms with Crippen LogP contribution in [0.25, 0.3) is 0 Å². The van der Waals surface area contributed by atoms with Gasteiger partial charge in [0, 0.05) is 31.3 Å². The zero-order valence-electron chi connectivity index (χ0n) is 15.4. The molecule has 0 spiro atoms. The molecule has 1 aromatic carbocycles. The number of nitrogens with zero attached hydrogens (tertiary/aromatic N) is 3. The average molecular weight is 361 g/mol. The molecule has 138 valence electrons. The fourth-order valence-electron chi connectivity index (χ4n) is 2.81. The summed E-state index contributed by atoms with van der Waals surface area (Å²) < 4.78 is 6.16. The molecular weight excluding hydrogens is 338 g/mol. The van der Waals surface area contributed by atoms with Crippen molar-refractivity contribution in [3.05, 3.63) is 77.5 Å². The number of aromatic amines is 1. The summed E-state index contributed by atoms with van der Waals surface area (Å²) in [5.74, 6) is 0.392. The van der Waals surface area contributed by atoms with Gasteiger partial charge in [0.15, 0.2) is 0 Å². The summed E-state index contributed by atoms with van der Waals surface area (Å²) in [5, 5.41) is 12.8. The van der Waals surface area contributed by atoms with Crippen molar-refractivity contribution in [2.24, 2.45) is 0 Å². The van der Waals surface area contributed by atoms with Crippen molar-refractivity contribution in [3.63, 3.8) is 0 Å². The molecular formula is C21H23N5O. The first-order valence-corrected chi connectivity index (χ1v) is 9.04. The maximum Gasteiger partial charge on any atom is 0.232 e. The highest BCUT2D eigenvalue weighted by Crippen LogP contribution is 2.26. The Morgan fingerprint density at radius 3 is 2.78 bits per heavy atom. The molecule has 0 aliphatic carbocycles. The molecule has 0 unspecified atom stereocenters. The van der Waals surface area contributed by atoms with Crippen molar-refractivity contribution in [2.75, 3.05) is 13.1 Å². The Morgan fingerprint density at radius 1 is 1.19 bits per heavy atom. The molecule has 1 atom stereocenters. The number of aryl methyl sites for hydroxylation is 1. The SMILES string of the molecule is Cc1ccc(C#N)c(O[C@H](CCNCCc2c[nH]cn2)c2ccccc2)n1. The number of nitriles is 1. The molecule has 0 aliphatic rings. The number of ether oxygens (including phenoxy) is 1. The predicted molar refractivity (Wildman–Crippen MR) is 103 cm³/mol. The van der Waals surface area contributed by atoms with E-state index in [1.165, 1.54) is 0 Å². The Balaban J connectivity index is 1.63. The number of imidazole rings is 1. The minimum Gasteiger partial charge on any atom is -0.468 e. The van der Waals surface area contributed by atoms with Crippen LogP contribution in [0.4, 0.5) is 0 Å². The standard InChI is InChI=1S/C21H23N5O/c1-16-7-8-18(13-22)21(26-16)27-20(17-5-3-2-4-6-17)10-12-23-11-9-19-14-24-15-25-19/h2-8,14-15,20,23H,9-12H2,1H3,(H,24,25)/t20-/m1/s1. The second-order valence-corrected chi connectivity index (χ2v) is 6.28. The van der Waals surface area contributed by atoms with Crippen molar-refractivity contribution in [1.82, 2.24) is 20.3 Å². The highest BCUT2D eigenvalue weighted by atomic mass is 16.5. The topological polar surface area (TPSA) is 86.6 Å². The minimum atomic E-state index is -0.175. The molecule has 6 nitrogen and oxygen atoms in total. The van der Waals surface area contributed by atoms with E-state index in [0.29, 0.717) is 11.4 Å². The summed E-state index contributed by atoms with van der Waals surface area (Å²) >= 11 is 0. The van der Waals surface area contributed by atoms with Crippen molar-refractivity contribution in [2.45, 2.75) is 25.9 Å². The zero-order valence-corrected chi connectivity index (χ0v) is 15.4. The van der Waals surface area contributed by atoms with Gasteiger partial charge >= 0.3 is 0 Å². The van der Waals surface area contributed by atoms with E-state index in [1.54, 1.807) is 12.4 Å². The first kappa shape index (κ1) is 18.6. The molecule has 0 amide bonds. The molecule has 2 aromatic heterocycles. The molecule has 0 saturated carbocycles. The lowest BCUT2D eigenvalue weighted by Gasteiger charge is -2.20. The van der Waals surface area contributed by atoms with Gasteiger partial charge in [-0.15, -0.1) is 0 Å². The molecule has 6 heteroatoms. The lowest BCUT2D eigenvalue weighted by atomic mass is 10.1. The van der Waals surface area contributed by atoms with Crippen LogP contribution >= 0.6 is 0 Å². The highest BCUT2D eigenvalue weighted by Gasteiger charge is 2.16. The average Bonchev–Trinajstić information content (AvgIpc) is 3.21. The summed E-state index contributed by atoms with van der Waals surface area (Å²) in [5.41, 5.74) is 3.39. The summed E-state index contributed by atoms with van der Waals surface area (Å²) in [6.07, 6.45) is 5.06. The molecule has 0 fully saturated rings. The van der Waals surface area contributed by atoms with Crippen LogP contribution in [0.15, 0.2) is 55.0 Å². The summed E-state index contributed by atoms with van der Waals surface area (Å²) in [6.45, 7) is 3.53. The van der Waals surface area contributed by atoms with Gasteiger partial charge in [0.05, 0.1) is 12.0 Å². The third-order valence-electron chi connectivity index (χ3n) is 4.24. The number of rotatable bonds is 9. The van der Waals surface area contributed by atoms with Gasteiger partial charge in [0.1, 0.15) is 17.7 Å². The zero-order chi connectivity index (χ0) is 18.9. The quantitative estimate of drug-likeness (QED) is 0.571. The monoisotopic (exact) mass is 361 g/mol. The van der Waals surface area contributed by atoms with Crippen LogP contribution < -0.4 is 10.1 Å². The van der Waals surface area contributed by atoms with E-state index in [2.05, 4.69) is 26.3 Å². The van der Waals surface area contributed by atoms with Crippen molar-refractivity contribution in [1.29, 1.82) is 5.26 Å². The molecule has 27 heavy (non-hydrogen) atoms. The third kappa shape index (κ3) is 5.40. The maximum atomic E-state index is 9.34. The fourth-order valence-corrected chi connectivity index (χ4v) is 2.81. The number of pyridine rings is 1. The summed E-state index contributed by atoms with van der Waals surface area (Å²) in [4.78, 5) is 11.6. The van der Waals surface area contributed by atoms with Gasteiger partial charge < -0.3 is 15.0 Å². The van der Waals surface area contributed by atoms with Gasteiger partial charge in [-0.05, 0) is 31.2 Å². The highest BCUT2D eigenvalue weighted by molar-refractivity contribution is 5.39. The Labute approximate surface area is 159 Å². The Morgan fingerprint density at radius 2 is 2.04 bits per heavy atom. The van der Waals surface area contributed by atoms with Crippen LogP contribution in [-0.2, 0) is 6.42 Å². The normalized spacial score (nSPS) is 11.7. The van der Waals surface area contributed by atoms with Gasteiger partial charge in [-0.1, -0.05) is 30.3 Å². The van der Waals surface area contributed by atoms with Crippen LogP contribution in [0.2, 0.25) is 0 Å². The van der Waals surface area contributed by atoms with Gasteiger partial charge in [0.25, 0.3) is 0 Å². The summed E-state index contributed by atoms with van der Waals surface area (Å²) in [7, 11) is 0. The van der Waals surface area contributed by atoms with Crippen molar-refractivity contribution >= 4 is 0 Å². The number of aromatic nitrogens is 3. The Bertz CT molecular complexity index is 871. The van der Waals surface area contributed by atoms with E-state index in [-0.39, 0.29) is 6.10 Å². The number of hydrogen-bond donors (Lipinski definition) is 2. The van der Waals surface area contributed by atoms with Gasteiger partial charge in [-0.3, -0.25) is 0 Å². The van der Waals surface area contributed by atoms with Gasteiger partial charge in [0.2, 0.25) is 5.88 Å². The molecule has 0 aliphatic heterocycles. The van der Waals surface area contributed by atoms with Crippen LogP contribution in [0.1, 0.15) is 35.0 Å². The van der Waals surface area contributed by atoms with Crippen molar-refractivity contribution < 1.29 is 4.74 Å². The van der Waals surface area contributed by atoms with Crippen LogP contribution in [0.5, 0.6) is 5.88 Å². The first-order valence-electron chi connectivity index (χ1n) is 9.04. The molecule has 2 N–H and O–H groups in total. The number of nitrogens with one attached hydrogen (secondary N) is 2. The predicted octanol–water partition coefficient (Wildman–Crippen LogP) is 3.33. The van der Waals surface area contributed by atoms with Gasteiger partial charge in [-0.25, -0.2) is 9.97 Å². The van der Waals surface area contributed by atoms with Crippen LogP contribution in [0, 0.1) is 18.3 Å². The lowest BCUT2D eigenvalue weighted by molar-refractivity contribution is 0.185. The maximum absolute atomic E-state index is 9.34. The van der Waals surface area contributed by atoms with Crippen molar-refractivity contribution in [3.8, 4) is 11.9 Å².